The Labute approximate surface area is 126 Å². The monoisotopic (exact) mass is 304 g/mol. The Morgan fingerprint density at radius 1 is 1.36 bits per heavy atom. The van der Waals surface area contributed by atoms with Crippen LogP contribution in [0, 0.1) is 17.0 Å². The summed E-state index contributed by atoms with van der Waals surface area (Å²) in [6.45, 7) is 2.70. The number of nitro groups is 1. The first-order chi connectivity index (χ1) is 10.4. The zero-order valence-corrected chi connectivity index (χ0v) is 12.1. The number of carbonyl (C=O) groups excluding carboxylic acids is 2. The maximum Gasteiger partial charge on any atom is 0.322 e. The van der Waals surface area contributed by atoms with Crippen LogP contribution in [-0.2, 0) is 4.79 Å². The van der Waals surface area contributed by atoms with Gasteiger partial charge in [0.15, 0.2) is 0 Å². The number of amides is 3. The molecule has 0 aromatic heterocycles. The van der Waals surface area contributed by atoms with Gasteiger partial charge in [-0.15, -0.1) is 0 Å². The second-order valence-corrected chi connectivity index (χ2v) is 5.76. The van der Waals surface area contributed by atoms with Crippen molar-refractivity contribution >= 4 is 23.3 Å². The quantitative estimate of drug-likeness (QED) is 0.483. The molecule has 1 unspecified atom stereocenters. The number of aryl methyl sites for hydroxylation is 1. The van der Waals surface area contributed by atoms with E-state index in [9.17, 15) is 19.7 Å². The summed E-state index contributed by atoms with van der Waals surface area (Å²) in [5.74, 6) is -0.363. The number of piperidine rings is 1. The van der Waals surface area contributed by atoms with Gasteiger partial charge in [-0.05, 0) is 31.4 Å². The molecular formula is C14H16N4O4. The van der Waals surface area contributed by atoms with Crippen LogP contribution in [0.25, 0.3) is 0 Å². The normalized spacial score (nSPS) is 24.3. The molecule has 0 bridgehead atoms. The van der Waals surface area contributed by atoms with E-state index in [2.05, 4.69) is 10.6 Å². The standard InChI is InChI=1S/C14H16N4O4/c1-9-3-4-10(18(21)22)11(7-9)17-6-2-5-14(8-17)12(19)15-13(20)16-14/h3-4,7H,2,5-6,8H2,1H3,(H2,15,16,19,20). The van der Waals surface area contributed by atoms with Gasteiger partial charge in [0.1, 0.15) is 11.2 Å². The Morgan fingerprint density at radius 2 is 2.14 bits per heavy atom. The van der Waals surface area contributed by atoms with Crippen LogP contribution in [0.3, 0.4) is 0 Å². The number of rotatable bonds is 2. The second kappa shape index (κ2) is 4.97. The molecule has 2 aliphatic rings. The summed E-state index contributed by atoms with van der Waals surface area (Å²) in [5.41, 5.74) is 0.401. The molecule has 1 aromatic carbocycles. The first-order valence-corrected chi connectivity index (χ1v) is 7.05. The molecule has 22 heavy (non-hydrogen) atoms. The highest BCUT2D eigenvalue weighted by Gasteiger charge is 2.49. The van der Waals surface area contributed by atoms with Gasteiger partial charge in [-0.3, -0.25) is 20.2 Å². The van der Waals surface area contributed by atoms with Gasteiger partial charge >= 0.3 is 6.03 Å². The molecule has 3 rings (SSSR count). The van der Waals surface area contributed by atoms with Crippen molar-refractivity contribution in [2.24, 2.45) is 0 Å². The van der Waals surface area contributed by atoms with E-state index in [1.54, 1.807) is 17.0 Å². The SMILES string of the molecule is Cc1ccc([N+](=O)[O-])c(N2CCCC3(C2)NC(=O)NC3=O)c1. The van der Waals surface area contributed by atoms with Crippen LogP contribution in [0.1, 0.15) is 18.4 Å². The lowest BCUT2D eigenvalue weighted by Gasteiger charge is -2.39. The number of carbonyl (C=O) groups is 2. The van der Waals surface area contributed by atoms with Gasteiger partial charge in [0.05, 0.1) is 11.5 Å². The Bertz CT molecular complexity index is 675. The molecule has 2 heterocycles. The Hall–Kier alpha value is -2.64. The Morgan fingerprint density at radius 3 is 2.77 bits per heavy atom. The van der Waals surface area contributed by atoms with E-state index in [1.165, 1.54) is 6.07 Å². The minimum absolute atomic E-state index is 0.00683. The van der Waals surface area contributed by atoms with Gasteiger partial charge < -0.3 is 10.2 Å². The van der Waals surface area contributed by atoms with Gasteiger partial charge in [-0.25, -0.2) is 4.79 Å². The fraction of sp³-hybridized carbons (Fsp3) is 0.429. The van der Waals surface area contributed by atoms with Gasteiger partial charge in [-0.2, -0.15) is 0 Å². The number of hydrogen-bond donors (Lipinski definition) is 2. The van der Waals surface area contributed by atoms with Gasteiger partial charge in [0.2, 0.25) is 0 Å². The third kappa shape index (κ3) is 2.26. The van der Waals surface area contributed by atoms with Crippen molar-refractivity contribution in [3.05, 3.63) is 33.9 Å². The molecule has 0 aliphatic carbocycles. The number of anilines is 1. The van der Waals surface area contributed by atoms with Crippen molar-refractivity contribution in [2.45, 2.75) is 25.3 Å². The first kappa shape index (κ1) is 14.3. The van der Waals surface area contributed by atoms with E-state index in [0.717, 1.165) is 5.56 Å². The van der Waals surface area contributed by atoms with Crippen LogP contribution >= 0.6 is 0 Å². The maximum atomic E-state index is 12.1. The summed E-state index contributed by atoms with van der Waals surface area (Å²) in [5, 5.41) is 16.2. The van der Waals surface area contributed by atoms with Gasteiger partial charge in [0, 0.05) is 12.6 Å². The highest BCUT2D eigenvalue weighted by Crippen LogP contribution is 2.34. The molecule has 8 heteroatoms. The average molecular weight is 304 g/mol. The predicted octanol–water partition coefficient (Wildman–Crippen LogP) is 1.08. The van der Waals surface area contributed by atoms with Crippen molar-refractivity contribution in [2.75, 3.05) is 18.0 Å². The van der Waals surface area contributed by atoms with Crippen LogP contribution in [0.15, 0.2) is 18.2 Å². The number of urea groups is 1. The van der Waals surface area contributed by atoms with Crippen LogP contribution in [0.2, 0.25) is 0 Å². The van der Waals surface area contributed by atoms with E-state index < -0.39 is 16.5 Å². The van der Waals surface area contributed by atoms with E-state index in [-0.39, 0.29) is 18.1 Å². The van der Waals surface area contributed by atoms with Crippen molar-refractivity contribution in [1.29, 1.82) is 0 Å². The lowest BCUT2D eigenvalue weighted by molar-refractivity contribution is -0.384. The van der Waals surface area contributed by atoms with E-state index in [0.29, 0.717) is 25.1 Å². The van der Waals surface area contributed by atoms with Crippen LogP contribution < -0.4 is 15.5 Å². The lowest BCUT2D eigenvalue weighted by Crippen LogP contribution is -2.58. The molecule has 2 N–H and O–H groups in total. The molecule has 2 fully saturated rings. The summed E-state index contributed by atoms with van der Waals surface area (Å²) >= 11 is 0. The minimum Gasteiger partial charge on any atom is -0.363 e. The number of benzene rings is 1. The largest absolute Gasteiger partial charge is 0.363 e. The van der Waals surface area contributed by atoms with Crippen LogP contribution in [-0.4, -0.2) is 35.5 Å². The number of imide groups is 1. The molecular weight excluding hydrogens is 288 g/mol. The summed E-state index contributed by atoms with van der Waals surface area (Å²) in [6, 6.07) is 4.39. The van der Waals surface area contributed by atoms with Crippen LogP contribution in [0.4, 0.5) is 16.2 Å². The van der Waals surface area contributed by atoms with Gasteiger partial charge in [-0.1, -0.05) is 6.07 Å². The molecule has 1 atom stereocenters. The fourth-order valence-electron chi connectivity index (χ4n) is 3.12. The third-order valence-electron chi connectivity index (χ3n) is 4.18. The van der Waals surface area contributed by atoms with Crippen LogP contribution in [0.5, 0.6) is 0 Å². The highest BCUT2D eigenvalue weighted by atomic mass is 16.6. The summed E-state index contributed by atoms with van der Waals surface area (Å²) in [6.07, 6.45) is 1.19. The van der Waals surface area contributed by atoms with Gasteiger partial charge in [0.25, 0.3) is 11.6 Å². The summed E-state index contributed by atoms with van der Waals surface area (Å²) in [7, 11) is 0. The molecule has 0 radical (unpaired) electrons. The second-order valence-electron chi connectivity index (χ2n) is 5.76. The smallest absolute Gasteiger partial charge is 0.322 e. The number of nitro benzene ring substituents is 1. The molecule has 0 saturated carbocycles. The zero-order chi connectivity index (χ0) is 15.9. The fourth-order valence-corrected chi connectivity index (χ4v) is 3.12. The third-order valence-corrected chi connectivity index (χ3v) is 4.18. The maximum absolute atomic E-state index is 12.1. The van der Waals surface area contributed by atoms with E-state index in [1.807, 2.05) is 6.92 Å². The predicted molar refractivity (Wildman–Crippen MR) is 78.7 cm³/mol. The molecule has 1 aromatic rings. The average Bonchev–Trinajstić information content (AvgIpc) is 2.72. The summed E-state index contributed by atoms with van der Waals surface area (Å²) < 4.78 is 0. The van der Waals surface area contributed by atoms with E-state index in [4.69, 9.17) is 0 Å². The number of nitrogens with one attached hydrogen (secondary N) is 2. The molecule has 3 amide bonds. The molecule has 8 nitrogen and oxygen atoms in total. The number of hydrogen-bond acceptors (Lipinski definition) is 5. The lowest BCUT2D eigenvalue weighted by atomic mass is 9.88. The molecule has 2 aliphatic heterocycles. The van der Waals surface area contributed by atoms with Crippen molar-refractivity contribution in [3.8, 4) is 0 Å². The van der Waals surface area contributed by atoms with E-state index >= 15 is 0 Å². The Balaban J connectivity index is 1.96. The number of nitrogens with zero attached hydrogens (tertiary/aromatic N) is 2. The zero-order valence-electron chi connectivity index (χ0n) is 12.1. The Kier molecular flexibility index (Phi) is 3.23. The van der Waals surface area contributed by atoms with Crippen molar-refractivity contribution < 1.29 is 14.5 Å². The molecule has 116 valence electrons. The first-order valence-electron chi connectivity index (χ1n) is 7.05. The molecule has 2 saturated heterocycles. The minimum atomic E-state index is -0.993. The topological polar surface area (TPSA) is 105 Å². The van der Waals surface area contributed by atoms with Crippen molar-refractivity contribution in [3.63, 3.8) is 0 Å². The van der Waals surface area contributed by atoms with Crippen molar-refractivity contribution in [1.82, 2.24) is 10.6 Å². The highest BCUT2D eigenvalue weighted by molar-refractivity contribution is 6.07. The molecule has 1 spiro atoms. The summed E-state index contributed by atoms with van der Waals surface area (Å²) in [4.78, 5) is 36.1.